The maximum atomic E-state index is 12.0. The molecule has 0 aliphatic heterocycles. The summed E-state index contributed by atoms with van der Waals surface area (Å²) in [6.45, 7) is 1.92. The van der Waals surface area contributed by atoms with E-state index in [2.05, 4.69) is 0 Å². The molecule has 0 atom stereocenters. The first-order chi connectivity index (χ1) is 9.46. The summed E-state index contributed by atoms with van der Waals surface area (Å²) in [5, 5.41) is 0. The number of aryl methyl sites for hydroxylation is 1. The molecule has 0 aliphatic rings. The highest BCUT2D eigenvalue weighted by Gasteiger charge is 2.18. The highest BCUT2D eigenvalue weighted by Crippen LogP contribution is 2.10. The van der Waals surface area contributed by atoms with Crippen LogP contribution in [0.1, 0.15) is 21.5 Å². The van der Waals surface area contributed by atoms with Crippen LogP contribution >= 0.6 is 0 Å². The molecular formula is C16H16O3S. The molecule has 0 heterocycles. The van der Waals surface area contributed by atoms with Crippen molar-refractivity contribution in [1.29, 1.82) is 0 Å². The average Bonchev–Trinajstić information content (AvgIpc) is 2.39. The molecule has 2 rings (SSSR count). The molecule has 0 aromatic heterocycles. The maximum absolute atomic E-state index is 12.0. The van der Waals surface area contributed by atoms with Crippen LogP contribution < -0.4 is 0 Å². The minimum Gasteiger partial charge on any atom is -0.293 e. The molecule has 104 valence electrons. The molecule has 0 saturated carbocycles. The zero-order valence-corrected chi connectivity index (χ0v) is 12.1. The number of hydrogen-bond acceptors (Lipinski definition) is 3. The average molecular weight is 288 g/mol. The van der Waals surface area contributed by atoms with Crippen LogP contribution in [0.4, 0.5) is 0 Å². The lowest BCUT2D eigenvalue weighted by Gasteiger charge is -2.04. The minimum atomic E-state index is -3.44. The Bertz CT molecular complexity index is 686. The Hall–Kier alpha value is -1.94. The third kappa shape index (κ3) is 4.03. The van der Waals surface area contributed by atoms with E-state index < -0.39 is 15.6 Å². The Labute approximate surface area is 119 Å². The minimum absolute atomic E-state index is 0.106. The van der Waals surface area contributed by atoms with E-state index in [-0.39, 0.29) is 11.5 Å². The van der Waals surface area contributed by atoms with Crippen molar-refractivity contribution in [3.63, 3.8) is 0 Å². The SMILES string of the molecule is Cc1ccc(C(=O)CS(=O)(=O)Cc2ccccc2)cc1. The number of carbonyl (C=O) groups is 1. The summed E-state index contributed by atoms with van der Waals surface area (Å²) in [6.07, 6.45) is 0. The van der Waals surface area contributed by atoms with Crippen LogP contribution in [0.3, 0.4) is 0 Å². The number of hydrogen-bond donors (Lipinski definition) is 0. The summed E-state index contributed by atoms with van der Waals surface area (Å²) >= 11 is 0. The normalized spacial score (nSPS) is 11.2. The Morgan fingerprint density at radius 2 is 1.55 bits per heavy atom. The lowest BCUT2D eigenvalue weighted by atomic mass is 10.1. The summed E-state index contributed by atoms with van der Waals surface area (Å²) in [4.78, 5) is 12.0. The molecule has 0 spiro atoms. The summed E-state index contributed by atoms with van der Waals surface area (Å²) in [6, 6.07) is 15.8. The second-order valence-corrected chi connectivity index (χ2v) is 6.87. The molecule has 3 nitrogen and oxygen atoms in total. The van der Waals surface area contributed by atoms with E-state index in [9.17, 15) is 13.2 Å². The van der Waals surface area contributed by atoms with Crippen LogP contribution in [0.2, 0.25) is 0 Å². The zero-order valence-electron chi connectivity index (χ0n) is 11.2. The van der Waals surface area contributed by atoms with Crippen molar-refractivity contribution >= 4 is 15.6 Å². The van der Waals surface area contributed by atoms with Crippen LogP contribution in [0.15, 0.2) is 54.6 Å². The fraction of sp³-hybridized carbons (Fsp3) is 0.188. The van der Waals surface area contributed by atoms with Crippen molar-refractivity contribution in [3.05, 3.63) is 71.3 Å². The molecule has 0 fully saturated rings. The Kier molecular flexibility index (Phi) is 4.35. The van der Waals surface area contributed by atoms with Gasteiger partial charge in [-0.1, -0.05) is 60.2 Å². The zero-order chi connectivity index (χ0) is 14.6. The van der Waals surface area contributed by atoms with Gasteiger partial charge in [0.2, 0.25) is 0 Å². The Morgan fingerprint density at radius 3 is 2.15 bits per heavy atom. The summed E-state index contributed by atoms with van der Waals surface area (Å²) in [5.41, 5.74) is 2.17. The van der Waals surface area contributed by atoms with Crippen molar-refractivity contribution < 1.29 is 13.2 Å². The van der Waals surface area contributed by atoms with E-state index in [0.29, 0.717) is 11.1 Å². The quantitative estimate of drug-likeness (QED) is 0.795. The van der Waals surface area contributed by atoms with Crippen molar-refractivity contribution in [2.75, 3.05) is 5.75 Å². The van der Waals surface area contributed by atoms with Gasteiger partial charge in [-0.15, -0.1) is 0 Å². The van der Waals surface area contributed by atoms with Gasteiger partial charge >= 0.3 is 0 Å². The van der Waals surface area contributed by atoms with Gasteiger partial charge in [-0.05, 0) is 12.5 Å². The topological polar surface area (TPSA) is 51.2 Å². The molecule has 0 unspecified atom stereocenters. The summed E-state index contributed by atoms with van der Waals surface area (Å²) < 4.78 is 24.1. The Balaban J connectivity index is 2.08. The van der Waals surface area contributed by atoms with Gasteiger partial charge in [-0.3, -0.25) is 4.79 Å². The van der Waals surface area contributed by atoms with Crippen LogP contribution in [0.5, 0.6) is 0 Å². The van der Waals surface area contributed by atoms with Crippen LogP contribution in [0.25, 0.3) is 0 Å². The molecule has 0 bridgehead atoms. The molecule has 0 N–H and O–H groups in total. The van der Waals surface area contributed by atoms with E-state index in [4.69, 9.17) is 0 Å². The first-order valence-electron chi connectivity index (χ1n) is 6.30. The monoisotopic (exact) mass is 288 g/mol. The second kappa shape index (κ2) is 6.01. The van der Waals surface area contributed by atoms with Crippen LogP contribution in [-0.4, -0.2) is 20.0 Å². The van der Waals surface area contributed by atoms with Crippen molar-refractivity contribution in [2.24, 2.45) is 0 Å². The standard InChI is InChI=1S/C16H16O3S/c1-13-7-9-15(10-8-13)16(17)12-20(18,19)11-14-5-3-2-4-6-14/h2-10H,11-12H2,1H3. The lowest BCUT2D eigenvalue weighted by Crippen LogP contribution is -2.17. The van der Waals surface area contributed by atoms with Gasteiger partial charge in [0.1, 0.15) is 5.75 Å². The van der Waals surface area contributed by atoms with Gasteiger partial charge in [-0.2, -0.15) is 0 Å². The number of ketones is 1. The second-order valence-electron chi connectivity index (χ2n) is 4.81. The number of carbonyl (C=O) groups excluding carboxylic acids is 1. The van der Waals surface area contributed by atoms with Crippen LogP contribution in [0, 0.1) is 6.92 Å². The van der Waals surface area contributed by atoms with Crippen molar-refractivity contribution in [3.8, 4) is 0 Å². The maximum Gasteiger partial charge on any atom is 0.177 e. The molecule has 0 amide bonds. The van der Waals surface area contributed by atoms with E-state index in [1.807, 2.05) is 13.0 Å². The first kappa shape index (κ1) is 14.5. The van der Waals surface area contributed by atoms with E-state index in [0.717, 1.165) is 5.56 Å². The fourth-order valence-corrected chi connectivity index (χ4v) is 3.27. The van der Waals surface area contributed by atoms with Crippen molar-refractivity contribution in [2.45, 2.75) is 12.7 Å². The molecule has 0 radical (unpaired) electrons. The highest BCUT2D eigenvalue weighted by molar-refractivity contribution is 7.91. The number of benzene rings is 2. The molecular weight excluding hydrogens is 272 g/mol. The molecule has 20 heavy (non-hydrogen) atoms. The predicted octanol–water partition coefficient (Wildman–Crippen LogP) is 2.79. The molecule has 2 aromatic rings. The fourth-order valence-electron chi connectivity index (χ4n) is 1.90. The van der Waals surface area contributed by atoms with Crippen molar-refractivity contribution in [1.82, 2.24) is 0 Å². The van der Waals surface area contributed by atoms with Crippen LogP contribution in [-0.2, 0) is 15.6 Å². The first-order valence-corrected chi connectivity index (χ1v) is 8.13. The number of sulfone groups is 1. The number of rotatable bonds is 5. The molecule has 0 saturated heterocycles. The third-order valence-electron chi connectivity index (χ3n) is 2.95. The van der Waals surface area contributed by atoms with Gasteiger partial charge < -0.3 is 0 Å². The molecule has 4 heteroatoms. The van der Waals surface area contributed by atoms with E-state index in [1.54, 1.807) is 48.5 Å². The highest BCUT2D eigenvalue weighted by atomic mass is 32.2. The van der Waals surface area contributed by atoms with E-state index in [1.165, 1.54) is 0 Å². The molecule has 0 aliphatic carbocycles. The third-order valence-corrected chi connectivity index (χ3v) is 4.43. The molecule has 2 aromatic carbocycles. The van der Waals surface area contributed by atoms with Gasteiger partial charge in [-0.25, -0.2) is 8.42 Å². The number of Topliss-reactive ketones (excluding diaryl/α,β-unsaturated/α-hetero) is 1. The predicted molar refractivity (Wildman–Crippen MR) is 79.4 cm³/mol. The van der Waals surface area contributed by atoms with Gasteiger partial charge in [0.05, 0.1) is 5.75 Å². The Morgan fingerprint density at radius 1 is 0.950 bits per heavy atom. The van der Waals surface area contributed by atoms with Gasteiger partial charge in [0.25, 0.3) is 0 Å². The van der Waals surface area contributed by atoms with E-state index >= 15 is 0 Å². The largest absolute Gasteiger partial charge is 0.293 e. The van der Waals surface area contributed by atoms with Gasteiger partial charge in [0.15, 0.2) is 15.6 Å². The summed E-state index contributed by atoms with van der Waals surface area (Å²) in [7, 11) is -3.44. The van der Waals surface area contributed by atoms with Gasteiger partial charge in [0, 0.05) is 5.56 Å². The summed E-state index contributed by atoms with van der Waals surface area (Å²) in [5.74, 6) is -0.919. The lowest BCUT2D eigenvalue weighted by molar-refractivity contribution is 0.102. The smallest absolute Gasteiger partial charge is 0.177 e.